The number of hydrogen-bond acceptors (Lipinski definition) is 12. The number of alkyl carbamates (subject to hydrolysis) is 1. The lowest BCUT2D eigenvalue weighted by atomic mass is 9.89. The van der Waals surface area contributed by atoms with E-state index in [-0.39, 0.29) is 24.3 Å². The minimum absolute atomic E-state index is 0.0363. The highest BCUT2D eigenvalue weighted by atomic mass is 79.9. The van der Waals surface area contributed by atoms with Crippen LogP contribution in [0.1, 0.15) is 56.0 Å². The van der Waals surface area contributed by atoms with Crippen molar-refractivity contribution in [3.8, 4) is 5.75 Å². The van der Waals surface area contributed by atoms with Crippen LogP contribution in [-0.2, 0) is 30.2 Å². The summed E-state index contributed by atoms with van der Waals surface area (Å²) in [6.07, 6.45) is 0.201. The van der Waals surface area contributed by atoms with Crippen molar-refractivity contribution in [1.29, 1.82) is 0 Å². The minimum Gasteiger partial charge on any atom is -0.495 e. The van der Waals surface area contributed by atoms with Crippen LogP contribution >= 0.6 is 27.5 Å². The molecule has 3 aliphatic heterocycles. The third-order valence-electron chi connectivity index (χ3n) is 10.4. The Morgan fingerprint density at radius 3 is 2.61 bits per heavy atom. The van der Waals surface area contributed by atoms with Crippen molar-refractivity contribution in [3.05, 3.63) is 74.8 Å². The number of carbonyl (C=O) groups is 3. The topological polar surface area (TPSA) is 186 Å². The van der Waals surface area contributed by atoms with Gasteiger partial charge in [0.25, 0.3) is 5.91 Å². The number of benzene rings is 2. The van der Waals surface area contributed by atoms with E-state index in [1.54, 1.807) is 49.2 Å². The second kappa shape index (κ2) is 16.5. The Labute approximate surface area is 328 Å². The number of nitrogens with two attached hydrogens (primary N) is 1. The third-order valence-corrected chi connectivity index (χ3v) is 11.5. The highest BCUT2D eigenvalue weighted by Gasteiger charge is 2.61. The average Bonchev–Trinajstić information content (AvgIpc) is 3.78. The molecule has 0 aromatic heterocycles. The van der Waals surface area contributed by atoms with Gasteiger partial charge in [0.1, 0.15) is 47.0 Å². The summed E-state index contributed by atoms with van der Waals surface area (Å²) < 4.78 is 29.6. The Bertz CT molecular complexity index is 1830. The first-order chi connectivity index (χ1) is 25.4. The number of nitrogens with one attached hydrogen (secondary N) is 1. The zero-order chi connectivity index (χ0) is 39.7. The van der Waals surface area contributed by atoms with Crippen LogP contribution in [0.15, 0.2) is 58.6 Å². The smallest absolute Gasteiger partial charge is 0.409 e. The van der Waals surface area contributed by atoms with Crippen molar-refractivity contribution in [2.45, 2.75) is 94.5 Å². The fourth-order valence-corrected chi connectivity index (χ4v) is 7.52. The van der Waals surface area contributed by atoms with E-state index in [1.165, 1.54) is 33.1 Å². The van der Waals surface area contributed by atoms with E-state index >= 15 is 0 Å². The van der Waals surface area contributed by atoms with Crippen LogP contribution in [0.25, 0.3) is 0 Å². The average molecular weight is 836 g/mol. The molecule has 3 aliphatic rings. The van der Waals surface area contributed by atoms with Gasteiger partial charge in [-0.05, 0) is 79.0 Å². The number of amides is 2. The minimum atomic E-state index is -1.81. The summed E-state index contributed by atoms with van der Waals surface area (Å²) in [6, 6.07) is 7.33. The van der Waals surface area contributed by atoms with E-state index in [1.807, 2.05) is 25.1 Å². The molecule has 0 radical (unpaired) electrons. The summed E-state index contributed by atoms with van der Waals surface area (Å²) in [6.45, 7) is 5.20. The Balaban J connectivity index is 1.49. The van der Waals surface area contributed by atoms with Gasteiger partial charge in [-0.25, -0.2) is 9.59 Å². The van der Waals surface area contributed by atoms with Crippen molar-refractivity contribution < 1.29 is 48.3 Å². The zero-order valence-electron chi connectivity index (χ0n) is 31.3. The molecule has 54 heavy (non-hydrogen) atoms. The summed E-state index contributed by atoms with van der Waals surface area (Å²) in [5, 5.41) is 26.2. The molecule has 2 aromatic rings. The number of allylic oxidation sites excluding steroid dienone is 3. The second-order valence-corrected chi connectivity index (χ2v) is 15.5. The Morgan fingerprint density at radius 1 is 1.22 bits per heavy atom. The number of aliphatic hydroxyl groups excluding tert-OH is 1. The third kappa shape index (κ3) is 8.82. The number of anilines is 2. The molecule has 5 rings (SSSR count). The molecule has 2 saturated heterocycles. The van der Waals surface area contributed by atoms with Gasteiger partial charge in [-0.3, -0.25) is 10.1 Å². The normalized spacial score (nSPS) is 30.7. The number of carbonyl (C=O) groups excluding carboxylic acids is 3. The van der Waals surface area contributed by atoms with Gasteiger partial charge in [-0.15, -0.1) is 0 Å². The maximum atomic E-state index is 13.8. The van der Waals surface area contributed by atoms with Crippen LogP contribution in [0.5, 0.6) is 5.75 Å². The lowest BCUT2D eigenvalue weighted by molar-refractivity contribution is -0.158. The van der Waals surface area contributed by atoms with Crippen molar-refractivity contribution in [1.82, 2.24) is 10.2 Å². The maximum Gasteiger partial charge on any atom is 0.409 e. The fraction of sp³-hybridized carbons (Fsp3) is 0.500. The van der Waals surface area contributed by atoms with E-state index in [9.17, 15) is 24.6 Å². The van der Waals surface area contributed by atoms with Gasteiger partial charge in [-0.1, -0.05) is 35.4 Å². The van der Waals surface area contributed by atoms with Crippen LogP contribution < -0.4 is 20.7 Å². The molecule has 2 amide bonds. The van der Waals surface area contributed by atoms with Crippen LogP contribution in [0.4, 0.5) is 16.2 Å². The zero-order valence-corrected chi connectivity index (χ0v) is 33.6. The van der Waals surface area contributed by atoms with E-state index in [0.717, 1.165) is 11.1 Å². The Morgan fingerprint density at radius 2 is 1.94 bits per heavy atom. The van der Waals surface area contributed by atoms with Gasteiger partial charge >= 0.3 is 12.1 Å². The van der Waals surface area contributed by atoms with Crippen molar-refractivity contribution in [2.24, 2.45) is 0 Å². The van der Waals surface area contributed by atoms with E-state index in [4.69, 9.17) is 41.0 Å². The summed E-state index contributed by atoms with van der Waals surface area (Å²) in [7, 11) is 6.08. The van der Waals surface area contributed by atoms with Gasteiger partial charge in [0, 0.05) is 56.2 Å². The maximum absolute atomic E-state index is 13.8. The molecule has 0 spiro atoms. The van der Waals surface area contributed by atoms with E-state index in [0.29, 0.717) is 33.6 Å². The molecule has 294 valence electrons. The number of halogens is 2. The number of rotatable bonds is 6. The van der Waals surface area contributed by atoms with Crippen molar-refractivity contribution >= 4 is 56.9 Å². The molecule has 1 unspecified atom stereocenters. The van der Waals surface area contributed by atoms with Crippen LogP contribution in [0.3, 0.4) is 0 Å². The first kappa shape index (κ1) is 41.3. The SMILES string of the molecule is COc1cc2cc(c1Cl)N(C)C(O)C[C@H](OC(=O)[C@H](C)N(C)C(=O)c1ccc(N)c(Br)c1)[C@]1(C)O[C@H]1C[C@@H]1C[C@@](O)(NC(=O)O1)[C@H](OC)/C=C/C=C(\C)C2. The summed E-state index contributed by atoms with van der Waals surface area (Å²) in [4.78, 5) is 42.8. The number of nitrogens with zero attached hydrogens (tertiary/aromatic N) is 2. The lowest BCUT2D eigenvalue weighted by Crippen LogP contribution is -2.62. The van der Waals surface area contributed by atoms with E-state index in [2.05, 4.69) is 21.2 Å². The molecule has 2 fully saturated rings. The number of likely N-dealkylation sites (N-methyl/N-ethyl adjacent to an activating group) is 1. The summed E-state index contributed by atoms with van der Waals surface area (Å²) >= 11 is 10.1. The number of methoxy groups -OCH3 is 2. The van der Waals surface area contributed by atoms with Gasteiger partial charge in [-0.2, -0.15) is 0 Å². The molecular formula is C38H48BrClN4O10. The number of fused-ring (bicyclic) bond motifs is 5. The highest BCUT2D eigenvalue weighted by Crippen LogP contribution is 2.47. The molecule has 0 aliphatic carbocycles. The quantitative estimate of drug-likeness (QED) is 0.179. The monoisotopic (exact) mass is 834 g/mol. The number of ether oxygens (including phenoxy) is 5. The van der Waals surface area contributed by atoms with Crippen LogP contribution in [-0.4, -0.2) is 109 Å². The first-order valence-corrected chi connectivity index (χ1v) is 18.6. The van der Waals surface area contributed by atoms with Crippen LogP contribution in [0, 0.1) is 0 Å². The predicted molar refractivity (Wildman–Crippen MR) is 205 cm³/mol. The molecule has 3 heterocycles. The number of epoxide rings is 1. The second-order valence-electron chi connectivity index (χ2n) is 14.2. The van der Waals surface area contributed by atoms with Gasteiger partial charge in [0.05, 0.1) is 18.9 Å². The standard InChI is InChI=1S/C38H48BrClN4O10/c1-20-9-8-10-29(51-7)38(49)19-24(52-36(48)42-38)17-31-37(3,54-31)30(18-32(45)44(5)27-14-22(13-20)15-28(50-6)33(27)40)53-35(47)21(2)43(4)34(46)23-11-12-26(41)25(39)16-23/h8-12,14-16,21,24,29-32,45,49H,13,17-19,41H2,1-7H3,(H,42,48)/b10-8+,20-9+/t21-,24+,29+,30-,31-,32?,37-,38-/m0/s1. The fourth-order valence-electron chi connectivity index (χ4n) is 6.82. The number of aliphatic hydroxyl groups is 2. The molecule has 4 bridgehead atoms. The predicted octanol–water partition coefficient (Wildman–Crippen LogP) is 4.72. The summed E-state index contributed by atoms with van der Waals surface area (Å²) in [5.41, 5.74) is 5.94. The van der Waals surface area contributed by atoms with Crippen LogP contribution in [0.2, 0.25) is 5.02 Å². The summed E-state index contributed by atoms with van der Waals surface area (Å²) in [5.74, 6) is -0.780. The number of nitrogen functional groups attached to an aromatic ring is 1. The molecule has 8 atom stereocenters. The van der Waals surface area contributed by atoms with E-state index < -0.39 is 66.0 Å². The first-order valence-electron chi connectivity index (χ1n) is 17.5. The largest absolute Gasteiger partial charge is 0.495 e. The van der Waals surface area contributed by atoms with Crippen molar-refractivity contribution in [3.63, 3.8) is 0 Å². The van der Waals surface area contributed by atoms with Gasteiger partial charge in [0.15, 0.2) is 5.72 Å². The van der Waals surface area contributed by atoms with Gasteiger partial charge < -0.3 is 49.4 Å². The lowest BCUT2D eigenvalue weighted by Gasteiger charge is -2.40. The van der Waals surface area contributed by atoms with Crippen molar-refractivity contribution in [2.75, 3.05) is 38.9 Å². The molecule has 14 nitrogen and oxygen atoms in total. The Hall–Kier alpha value is -3.86. The highest BCUT2D eigenvalue weighted by molar-refractivity contribution is 9.10. The number of hydrogen-bond donors (Lipinski definition) is 4. The molecule has 5 N–H and O–H groups in total. The number of esters is 1. The molecule has 0 saturated carbocycles. The molecule has 16 heteroatoms. The van der Waals surface area contributed by atoms with Gasteiger partial charge in [0.2, 0.25) is 0 Å². The Kier molecular flexibility index (Phi) is 12.6. The molecular weight excluding hydrogens is 788 g/mol. The molecule has 2 aromatic carbocycles.